The summed E-state index contributed by atoms with van der Waals surface area (Å²) in [5, 5.41) is 13.8. The first-order valence-electron chi connectivity index (χ1n) is 7.64. The average molecular weight is 286 g/mol. The second-order valence-electron chi connectivity index (χ2n) is 6.03. The van der Waals surface area contributed by atoms with Gasteiger partial charge in [0.15, 0.2) is 0 Å². The van der Waals surface area contributed by atoms with Gasteiger partial charge in [-0.25, -0.2) is 0 Å². The molecular weight excluding hydrogens is 264 g/mol. The SMILES string of the molecule is Cn1cc(CC(=O)NC2CCC(O)CC2)c2ccccc21. The second kappa shape index (κ2) is 5.90. The van der Waals surface area contributed by atoms with Crippen LogP contribution in [0.15, 0.2) is 30.5 Å². The molecule has 1 aromatic heterocycles. The molecule has 0 saturated heterocycles. The molecule has 1 aliphatic rings. The number of aryl methyl sites for hydroxylation is 1. The van der Waals surface area contributed by atoms with Crippen molar-refractivity contribution in [1.29, 1.82) is 0 Å². The zero-order valence-electron chi connectivity index (χ0n) is 12.4. The number of carbonyl (C=O) groups is 1. The number of hydrogen-bond acceptors (Lipinski definition) is 2. The molecule has 2 N–H and O–H groups in total. The molecule has 0 atom stereocenters. The van der Waals surface area contributed by atoms with E-state index < -0.39 is 0 Å². The van der Waals surface area contributed by atoms with Crippen molar-refractivity contribution >= 4 is 16.8 Å². The van der Waals surface area contributed by atoms with Crippen LogP contribution in [0, 0.1) is 0 Å². The molecule has 0 radical (unpaired) electrons. The van der Waals surface area contributed by atoms with Crippen LogP contribution in [-0.2, 0) is 18.3 Å². The molecular formula is C17H22N2O2. The molecule has 1 heterocycles. The molecule has 0 bridgehead atoms. The monoisotopic (exact) mass is 286 g/mol. The van der Waals surface area contributed by atoms with Gasteiger partial charge in [0, 0.05) is 30.2 Å². The number of hydrogen-bond donors (Lipinski definition) is 2. The van der Waals surface area contributed by atoms with Gasteiger partial charge in [-0.2, -0.15) is 0 Å². The molecule has 1 aliphatic carbocycles. The van der Waals surface area contributed by atoms with Crippen LogP contribution in [0.4, 0.5) is 0 Å². The predicted molar refractivity (Wildman–Crippen MR) is 83.0 cm³/mol. The number of amides is 1. The maximum Gasteiger partial charge on any atom is 0.224 e. The topological polar surface area (TPSA) is 54.3 Å². The summed E-state index contributed by atoms with van der Waals surface area (Å²) in [6.07, 6.45) is 5.61. The molecule has 1 saturated carbocycles. The molecule has 4 heteroatoms. The third-order valence-corrected chi connectivity index (χ3v) is 4.39. The summed E-state index contributed by atoms with van der Waals surface area (Å²) in [6, 6.07) is 8.37. The number of fused-ring (bicyclic) bond motifs is 1. The van der Waals surface area contributed by atoms with Crippen molar-refractivity contribution in [3.63, 3.8) is 0 Å². The zero-order chi connectivity index (χ0) is 14.8. The third-order valence-electron chi connectivity index (χ3n) is 4.39. The fourth-order valence-electron chi connectivity index (χ4n) is 3.24. The molecule has 1 aromatic carbocycles. The maximum absolute atomic E-state index is 12.2. The Bertz CT molecular complexity index is 639. The Morgan fingerprint density at radius 2 is 2.00 bits per heavy atom. The molecule has 2 aromatic rings. The average Bonchev–Trinajstić information content (AvgIpc) is 2.78. The third kappa shape index (κ3) is 3.10. The number of carbonyl (C=O) groups excluding carboxylic acids is 1. The van der Waals surface area contributed by atoms with E-state index in [1.165, 1.54) is 0 Å². The van der Waals surface area contributed by atoms with Gasteiger partial charge in [0.05, 0.1) is 12.5 Å². The quantitative estimate of drug-likeness (QED) is 0.908. The van der Waals surface area contributed by atoms with E-state index in [0.29, 0.717) is 6.42 Å². The number of benzene rings is 1. The number of nitrogens with zero attached hydrogens (tertiary/aromatic N) is 1. The largest absolute Gasteiger partial charge is 0.393 e. The fourth-order valence-corrected chi connectivity index (χ4v) is 3.24. The van der Waals surface area contributed by atoms with Crippen molar-refractivity contribution in [2.45, 2.75) is 44.2 Å². The number of nitrogens with one attached hydrogen (secondary N) is 1. The lowest BCUT2D eigenvalue weighted by Gasteiger charge is -2.26. The van der Waals surface area contributed by atoms with Crippen molar-refractivity contribution in [3.05, 3.63) is 36.0 Å². The smallest absolute Gasteiger partial charge is 0.224 e. The van der Waals surface area contributed by atoms with E-state index in [4.69, 9.17) is 0 Å². The summed E-state index contributed by atoms with van der Waals surface area (Å²) < 4.78 is 2.06. The van der Waals surface area contributed by atoms with Crippen molar-refractivity contribution in [3.8, 4) is 0 Å². The lowest BCUT2D eigenvalue weighted by molar-refractivity contribution is -0.121. The van der Waals surface area contributed by atoms with Crippen LogP contribution in [0.2, 0.25) is 0 Å². The van der Waals surface area contributed by atoms with Gasteiger partial charge in [-0.15, -0.1) is 0 Å². The van der Waals surface area contributed by atoms with Crippen LogP contribution >= 0.6 is 0 Å². The number of aromatic nitrogens is 1. The van der Waals surface area contributed by atoms with E-state index in [0.717, 1.165) is 42.1 Å². The second-order valence-corrected chi connectivity index (χ2v) is 6.03. The summed E-state index contributed by atoms with van der Waals surface area (Å²) in [5.41, 5.74) is 2.22. The molecule has 112 valence electrons. The molecule has 1 fully saturated rings. The Kier molecular flexibility index (Phi) is 3.97. The minimum absolute atomic E-state index is 0.0766. The number of rotatable bonds is 3. The van der Waals surface area contributed by atoms with Crippen LogP contribution in [0.1, 0.15) is 31.2 Å². The minimum atomic E-state index is -0.184. The lowest BCUT2D eigenvalue weighted by atomic mass is 9.93. The lowest BCUT2D eigenvalue weighted by Crippen LogP contribution is -2.39. The first-order chi connectivity index (χ1) is 10.1. The van der Waals surface area contributed by atoms with Gasteiger partial charge in [-0.3, -0.25) is 4.79 Å². The summed E-state index contributed by atoms with van der Waals surface area (Å²) >= 11 is 0. The number of para-hydroxylation sites is 1. The number of aliphatic hydroxyl groups excluding tert-OH is 1. The van der Waals surface area contributed by atoms with Crippen molar-refractivity contribution in [1.82, 2.24) is 9.88 Å². The van der Waals surface area contributed by atoms with Gasteiger partial charge in [0.25, 0.3) is 0 Å². The Morgan fingerprint density at radius 1 is 1.29 bits per heavy atom. The maximum atomic E-state index is 12.2. The van der Waals surface area contributed by atoms with Crippen LogP contribution in [0.5, 0.6) is 0 Å². The van der Waals surface area contributed by atoms with E-state index in [9.17, 15) is 9.90 Å². The number of aliphatic hydroxyl groups is 1. The molecule has 0 unspecified atom stereocenters. The highest BCUT2D eigenvalue weighted by molar-refractivity contribution is 5.89. The highest BCUT2D eigenvalue weighted by Crippen LogP contribution is 2.21. The van der Waals surface area contributed by atoms with Gasteiger partial charge in [0.2, 0.25) is 5.91 Å². The summed E-state index contributed by atoms with van der Waals surface area (Å²) in [5.74, 6) is 0.0766. The van der Waals surface area contributed by atoms with Crippen molar-refractivity contribution < 1.29 is 9.90 Å². The van der Waals surface area contributed by atoms with Crippen LogP contribution in [-0.4, -0.2) is 27.7 Å². The molecule has 3 rings (SSSR count). The van der Waals surface area contributed by atoms with Gasteiger partial charge in [0.1, 0.15) is 0 Å². The van der Waals surface area contributed by atoms with Crippen LogP contribution in [0.25, 0.3) is 10.9 Å². The van der Waals surface area contributed by atoms with E-state index >= 15 is 0 Å². The normalized spacial score (nSPS) is 22.4. The van der Waals surface area contributed by atoms with Gasteiger partial charge in [-0.05, 0) is 37.3 Å². The van der Waals surface area contributed by atoms with Crippen molar-refractivity contribution in [2.24, 2.45) is 7.05 Å². The predicted octanol–water partition coefficient (Wildman–Crippen LogP) is 2.14. The standard InChI is InChI=1S/C17H22N2O2/c1-19-11-12(15-4-2-3-5-16(15)19)10-17(21)18-13-6-8-14(20)9-7-13/h2-5,11,13-14,20H,6-10H2,1H3,(H,18,21). The van der Waals surface area contributed by atoms with E-state index in [-0.39, 0.29) is 18.1 Å². The van der Waals surface area contributed by atoms with Gasteiger partial charge >= 0.3 is 0 Å². The Balaban J connectivity index is 1.66. The van der Waals surface area contributed by atoms with E-state index in [1.54, 1.807) is 0 Å². The van der Waals surface area contributed by atoms with Gasteiger partial charge in [-0.1, -0.05) is 18.2 Å². The highest BCUT2D eigenvalue weighted by atomic mass is 16.3. The molecule has 1 amide bonds. The Hall–Kier alpha value is -1.81. The molecule has 4 nitrogen and oxygen atoms in total. The van der Waals surface area contributed by atoms with E-state index in [1.807, 2.05) is 25.4 Å². The zero-order valence-corrected chi connectivity index (χ0v) is 12.4. The van der Waals surface area contributed by atoms with Crippen molar-refractivity contribution in [2.75, 3.05) is 0 Å². The Morgan fingerprint density at radius 3 is 2.76 bits per heavy atom. The first-order valence-corrected chi connectivity index (χ1v) is 7.64. The first kappa shape index (κ1) is 14.1. The highest BCUT2D eigenvalue weighted by Gasteiger charge is 2.21. The van der Waals surface area contributed by atoms with Crippen LogP contribution < -0.4 is 5.32 Å². The molecule has 21 heavy (non-hydrogen) atoms. The van der Waals surface area contributed by atoms with Gasteiger partial charge < -0.3 is 15.0 Å². The Labute approximate surface area is 124 Å². The summed E-state index contributed by atoms with van der Waals surface area (Å²) in [4.78, 5) is 12.2. The van der Waals surface area contributed by atoms with E-state index in [2.05, 4.69) is 22.0 Å². The summed E-state index contributed by atoms with van der Waals surface area (Å²) in [6.45, 7) is 0. The minimum Gasteiger partial charge on any atom is -0.393 e. The summed E-state index contributed by atoms with van der Waals surface area (Å²) in [7, 11) is 2.01. The fraction of sp³-hybridized carbons (Fsp3) is 0.471. The van der Waals surface area contributed by atoms with Crippen LogP contribution in [0.3, 0.4) is 0 Å². The molecule has 0 aliphatic heterocycles. The molecule has 0 spiro atoms.